The van der Waals surface area contributed by atoms with E-state index >= 15 is 0 Å². The first-order chi connectivity index (χ1) is 14.5. The summed E-state index contributed by atoms with van der Waals surface area (Å²) in [5.74, 6) is 0.175. The van der Waals surface area contributed by atoms with E-state index in [2.05, 4.69) is 42.3 Å². The first-order valence-electron chi connectivity index (χ1n) is 11.7. The molecule has 1 aromatic carbocycles. The van der Waals surface area contributed by atoms with Crippen LogP contribution in [0.2, 0.25) is 0 Å². The Hall–Kier alpha value is -1.47. The number of anilines is 1. The molecule has 2 aliphatic heterocycles. The summed E-state index contributed by atoms with van der Waals surface area (Å²) in [6.07, 6.45) is 4.86. The fourth-order valence-corrected chi connectivity index (χ4v) is 5.72. The number of carbonyl (C=O) groups is 1. The van der Waals surface area contributed by atoms with Crippen LogP contribution in [-0.2, 0) is 9.53 Å². The van der Waals surface area contributed by atoms with Gasteiger partial charge in [0, 0.05) is 18.8 Å². The summed E-state index contributed by atoms with van der Waals surface area (Å²) in [5.41, 5.74) is 2.68. The van der Waals surface area contributed by atoms with Gasteiger partial charge in [0.2, 0.25) is 5.91 Å². The lowest BCUT2D eigenvalue weighted by atomic mass is 9.81. The molecule has 2 N–H and O–H groups in total. The van der Waals surface area contributed by atoms with Gasteiger partial charge in [0.15, 0.2) is 0 Å². The highest BCUT2D eigenvalue weighted by molar-refractivity contribution is 6.02. The number of benzene rings is 1. The number of rotatable bonds is 4. The second kappa shape index (κ2) is 9.35. The van der Waals surface area contributed by atoms with Crippen molar-refractivity contribution in [3.05, 3.63) is 29.3 Å². The van der Waals surface area contributed by atoms with Crippen LogP contribution < -0.4 is 10.2 Å². The van der Waals surface area contributed by atoms with Crippen molar-refractivity contribution in [1.82, 2.24) is 10.2 Å². The van der Waals surface area contributed by atoms with Gasteiger partial charge >= 0.3 is 0 Å². The molecule has 1 amide bonds. The summed E-state index contributed by atoms with van der Waals surface area (Å²) in [5, 5.41) is 14.4. The van der Waals surface area contributed by atoms with Crippen LogP contribution in [0.25, 0.3) is 0 Å². The van der Waals surface area contributed by atoms with Crippen LogP contribution in [0.15, 0.2) is 18.2 Å². The zero-order chi connectivity index (χ0) is 21.1. The van der Waals surface area contributed by atoms with Gasteiger partial charge in [-0.25, -0.2) is 0 Å². The number of ether oxygens (including phenoxy) is 1. The summed E-state index contributed by atoms with van der Waals surface area (Å²) >= 11 is 0. The topological polar surface area (TPSA) is 65.0 Å². The van der Waals surface area contributed by atoms with Gasteiger partial charge in [0.25, 0.3) is 0 Å². The Balaban J connectivity index is 1.79. The van der Waals surface area contributed by atoms with E-state index in [0.717, 1.165) is 81.5 Å². The van der Waals surface area contributed by atoms with E-state index in [9.17, 15) is 9.90 Å². The standard InChI is InChI=1S/C24H37N3O3/c1-18-6-5-7-19(2)22(18)27(20-8-3-4-9-21(20)28)23(29)24(10-12-25-13-11-24)26-14-16-30-17-15-26/h5-7,20-21,25,28H,3-4,8-17H2,1-2H3/t20-,21-/m1/s1. The smallest absolute Gasteiger partial charge is 0.247 e. The third-order valence-electron chi connectivity index (χ3n) is 7.37. The number of hydrogen-bond acceptors (Lipinski definition) is 5. The normalized spacial score (nSPS) is 27.6. The Morgan fingerprint density at radius 3 is 2.40 bits per heavy atom. The van der Waals surface area contributed by atoms with Crippen molar-refractivity contribution in [3.63, 3.8) is 0 Å². The minimum Gasteiger partial charge on any atom is -0.391 e. The zero-order valence-electron chi connectivity index (χ0n) is 18.5. The molecule has 6 nitrogen and oxygen atoms in total. The number of para-hydroxylation sites is 1. The Morgan fingerprint density at radius 1 is 1.13 bits per heavy atom. The molecule has 0 radical (unpaired) electrons. The van der Waals surface area contributed by atoms with Crippen molar-refractivity contribution in [2.75, 3.05) is 44.3 Å². The molecule has 0 spiro atoms. The van der Waals surface area contributed by atoms with Gasteiger partial charge in [-0.15, -0.1) is 0 Å². The number of amides is 1. The van der Waals surface area contributed by atoms with Crippen molar-refractivity contribution in [3.8, 4) is 0 Å². The summed E-state index contributed by atoms with van der Waals surface area (Å²) in [7, 11) is 0. The molecule has 3 aliphatic rings. The number of morpholine rings is 1. The largest absolute Gasteiger partial charge is 0.391 e. The maximum atomic E-state index is 14.6. The van der Waals surface area contributed by atoms with Crippen LogP contribution in [0, 0.1) is 13.8 Å². The molecular formula is C24H37N3O3. The first kappa shape index (κ1) is 21.8. The lowest BCUT2D eigenvalue weighted by Crippen LogP contribution is -2.67. The van der Waals surface area contributed by atoms with Crippen molar-refractivity contribution >= 4 is 11.6 Å². The second-order valence-corrected chi connectivity index (χ2v) is 9.22. The predicted molar refractivity (Wildman–Crippen MR) is 119 cm³/mol. The molecule has 0 aromatic heterocycles. The molecule has 166 valence electrons. The average molecular weight is 416 g/mol. The Kier molecular flexibility index (Phi) is 6.78. The van der Waals surface area contributed by atoms with E-state index in [1.54, 1.807) is 0 Å². The average Bonchev–Trinajstić information content (AvgIpc) is 2.78. The number of nitrogens with one attached hydrogen (secondary N) is 1. The van der Waals surface area contributed by atoms with Gasteiger partial charge in [0.05, 0.1) is 25.4 Å². The number of aliphatic hydroxyl groups excluding tert-OH is 1. The number of aliphatic hydroxyl groups is 1. The third kappa shape index (κ3) is 4.03. The summed E-state index contributed by atoms with van der Waals surface area (Å²) in [6.45, 7) is 8.80. The van der Waals surface area contributed by atoms with E-state index in [1.807, 2.05) is 4.90 Å². The highest BCUT2D eigenvalue weighted by Crippen LogP contribution is 2.38. The molecule has 4 rings (SSSR count). The minimum atomic E-state index is -0.527. The van der Waals surface area contributed by atoms with E-state index < -0.39 is 11.6 Å². The maximum Gasteiger partial charge on any atom is 0.247 e. The summed E-state index contributed by atoms with van der Waals surface area (Å²) in [6, 6.07) is 6.07. The van der Waals surface area contributed by atoms with E-state index in [0.29, 0.717) is 13.2 Å². The number of hydrogen-bond donors (Lipinski definition) is 2. The van der Waals surface area contributed by atoms with Crippen LogP contribution in [-0.4, -0.2) is 73.0 Å². The third-order valence-corrected chi connectivity index (χ3v) is 7.37. The molecule has 0 bridgehead atoms. The van der Waals surface area contributed by atoms with Crippen LogP contribution in [0.5, 0.6) is 0 Å². The van der Waals surface area contributed by atoms with Gasteiger partial charge in [-0.3, -0.25) is 9.69 Å². The molecule has 30 heavy (non-hydrogen) atoms. The molecule has 1 aliphatic carbocycles. The van der Waals surface area contributed by atoms with Crippen LogP contribution in [0.3, 0.4) is 0 Å². The Morgan fingerprint density at radius 2 is 1.77 bits per heavy atom. The first-order valence-corrected chi connectivity index (χ1v) is 11.7. The van der Waals surface area contributed by atoms with Crippen LogP contribution >= 0.6 is 0 Å². The molecule has 1 saturated carbocycles. The molecule has 3 fully saturated rings. The van der Waals surface area contributed by atoms with Crippen molar-refractivity contribution < 1.29 is 14.6 Å². The lowest BCUT2D eigenvalue weighted by Gasteiger charge is -2.51. The van der Waals surface area contributed by atoms with E-state index in [-0.39, 0.29) is 11.9 Å². The van der Waals surface area contributed by atoms with Gasteiger partial charge in [-0.1, -0.05) is 31.0 Å². The van der Waals surface area contributed by atoms with Gasteiger partial charge in [-0.2, -0.15) is 0 Å². The van der Waals surface area contributed by atoms with E-state index in [4.69, 9.17) is 4.74 Å². The fourth-order valence-electron chi connectivity index (χ4n) is 5.72. The summed E-state index contributed by atoms with van der Waals surface area (Å²) < 4.78 is 5.61. The Bertz CT molecular complexity index is 721. The quantitative estimate of drug-likeness (QED) is 0.791. The van der Waals surface area contributed by atoms with Gasteiger partial charge < -0.3 is 20.1 Å². The monoisotopic (exact) mass is 415 g/mol. The Labute approximate surface area is 180 Å². The lowest BCUT2D eigenvalue weighted by molar-refractivity contribution is -0.138. The molecule has 2 saturated heterocycles. The second-order valence-electron chi connectivity index (χ2n) is 9.22. The molecule has 6 heteroatoms. The van der Waals surface area contributed by atoms with Crippen LogP contribution in [0.1, 0.15) is 49.7 Å². The number of nitrogens with zero attached hydrogens (tertiary/aromatic N) is 2. The fraction of sp³-hybridized carbons (Fsp3) is 0.708. The summed E-state index contributed by atoms with van der Waals surface area (Å²) in [4.78, 5) is 19.0. The molecule has 2 heterocycles. The molecular weight excluding hydrogens is 378 g/mol. The minimum absolute atomic E-state index is 0.154. The SMILES string of the molecule is Cc1cccc(C)c1N(C(=O)C1(N2CCOCC2)CCNCC1)[C@@H]1CCCC[C@H]1O. The molecule has 0 unspecified atom stereocenters. The number of carbonyl (C=O) groups excluding carboxylic acids is 1. The number of aryl methyl sites for hydroxylation is 2. The van der Waals surface area contributed by atoms with E-state index in [1.165, 1.54) is 0 Å². The van der Waals surface area contributed by atoms with Crippen LogP contribution in [0.4, 0.5) is 5.69 Å². The van der Waals surface area contributed by atoms with Gasteiger partial charge in [-0.05, 0) is 63.7 Å². The predicted octanol–water partition coefficient (Wildman–Crippen LogP) is 2.39. The van der Waals surface area contributed by atoms with Crippen molar-refractivity contribution in [1.29, 1.82) is 0 Å². The van der Waals surface area contributed by atoms with Crippen molar-refractivity contribution in [2.24, 2.45) is 0 Å². The molecule has 1 aromatic rings. The zero-order valence-corrected chi connectivity index (χ0v) is 18.5. The highest BCUT2D eigenvalue weighted by Gasteiger charge is 2.50. The number of piperidine rings is 1. The molecule has 2 atom stereocenters. The maximum absolute atomic E-state index is 14.6. The van der Waals surface area contributed by atoms with Crippen molar-refractivity contribution in [2.45, 2.75) is 70.1 Å². The highest BCUT2D eigenvalue weighted by atomic mass is 16.5. The van der Waals surface area contributed by atoms with Gasteiger partial charge in [0.1, 0.15) is 5.54 Å².